The molecule has 2 bridgehead atoms. The summed E-state index contributed by atoms with van der Waals surface area (Å²) in [5, 5.41) is 9.27. The van der Waals surface area contributed by atoms with E-state index in [9.17, 15) is 9.90 Å². The van der Waals surface area contributed by atoms with Gasteiger partial charge in [-0.1, -0.05) is 27.7 Å². The summed E-state index contributed by atoms with van der Waals surface area (Å²) in [6.07, 6.45) is 2.56. The highest BCUT2D eigenvalue weighted by atomic mass is 35.5. The molecule has 0 radical (unpaired) electrons. The molecule has 134 valence electrons. The predicted octanol–water partition coefficient (Wildman–Crippen LogP) is 4.37. The molecule has 2 fully saturated rings. The molecule has 2 aliphatic carbocycles. The van der Waals surface area contributed by atoms with Crippen molar-refractivity contribution in [1.82, 2.24) is 0 Å². The minimum Gasteiger partial charge on any atom is -0.404 e. The van der Waals surface area contributed by atoms with Crippen LogP contribution in [0.3, 0.4) is 0 Å². The topological polar surface area (TPSA) is 46.5 Å². The van der Waals surface area contributed by atoms with Crippen LogP contribution in [0.5, 0.6) is 0 Å². The molecule has 0 saturated heterocycles. The van der Waals surface area contributed by atoms with E-state index >= 15 is 0 Å². The maximum atomic E-state index is 13.4. The van der Waals surface area contributed by atoms with Crippen molar-refractivity contribution in [2.75, 3.05) is 0 Å². The number of ketones is 1. The number of hydrogen-bond donors (Lipinski definition) is 1. The second kappa shape index (κ2) is 5.82. The van der Waals surface area contributed by atoms with E-state index in [-0.39, 0.29) is 16.6 Å². The van der Waals surface area contributed by atoms with Crippen LogP contribution in [0.25, 0.3) is 0 Å². The number of carbonyl (C=O) groups excluding carboxylic acids is 1. The highest BCUT2D eigenvalue weighted by Crippen LogP contribution is 2.71. The van der Waals surface area contributed by atoms with Gasteiger partial charge in [0.2, 0.25) is 0 Å². The number of aliphatic hydroxyl groups is 1. The molecular formula is C18H33ClO3Si. The highest BCUT2D eigenvalue weighted by molar-refractivity contribution is 6.70. The van der Waals surface area contributed by atoms with E-state index in [4.69, 9.17) is 16.0 Å². The summed E-state index contributed by atoms with van der Waals surface area (Å²) in [6.45, 7) is 15.0. The standard InChI is InChI=1S/C18H33ClO3Si/c1-8-13(20)14(19)15(21)18(22-23(5,6)7)11-12-9-10-17(18,4)16(12,2)3/h12-14,20H,8-11H2,1-7H3/t12-,13-,14?,17-,18+/m1/s1. The van der Waals surface area contributed by atoms with Gasteiger partial charge in [-0.15, -0.1) is 11.6 Å². The van der Waals surface area contributed by atoms with Crippen molar-refractivity contribution >= 4 is 25.7 Å². The molecule has 5 heteroatoms. The van der Waals surface area contributed by atoms with Crippen molar-refractivity contribution in [3.8, 4) is 0 Å². The van der Waals surface area contributed by atoms with Crippen molar-refractivity contribution in [3.05, 3.63) is 0 Å². The lowest BCUT2D eigenvalue weighted by Gasteiger charge is -2.50. The Morgan fingerprint density at radius 1 is 1.35 bits per heavy atom. The second-order valence-electron chi connectivity index (χ2n) is 9.28. The maximum absolute atomic E-state index is 13.4. The van der Waals surface area contributed by atoms with Gasteiger partial charge < -0.3 is 9.53 Å². The van der Waals surface area contributed by atoms with E-state index in [0.717, 1.165) is 19.3 Å². The summed E-state index contributed by atoms with van der Waals surface area (Å²) in [6, 6.07) is 0. The molecule has 1 unspecified atom stereocenters. The van der Waals surface area contributed by atoms with Crippen molar-refractivity contribution in [3.63, 3.8) is 0 Å². The summed E-state index contributed by atoms with van der Waals surface area (Å²) >= 11 is 6.41. The van der Waals surface area contributed by atoms with Crippen molar-refractivity contribution in [1.29, 1.82) is 0 Å². The van der Waals surface area contributed by atoms with E-state index in [1.807, 2.05) is 6.92 Å². The minimum atomic E-state index is -1.96. The van der Waals surface area contributed by atoms with Crippen LogP contribution in [0.2, 0.25) is 19.6 Å². The smallest absolute Gasteiger partial charge is 0.185 e. The van der Waals surface area contributed by atoms with Crippen LogP contribution in [0.4, 0.5) is 0 Å². The van der Waals surface area contributed by atoms with Gasteiger partial charge in [-0.2, -0.15) is 0 Å². The third kappa shape index (κ3) is 2.74. The molecule has 5 atom stereocenters. The van der Waals surface area contributed by atoms with Gasteiger partial charge in [0.15, 0.2) is 14.1 Å². The van der Waals surface area contributed by atoms with E-state index < -0.39 is 25.4 Å². The van der Waals surface area contributed by atoms with E-state index in [0.29, 0.717) is 12.3 Å². The molecular weight excluding hydrogens is 328 g/mol. The summed E-state index contributed by atoms with van der Waals surface area (Å²) < 4.78 is 6.63. The third-order valence-electron chi connectivity index (χ3n) is 6.75. The van der Waals surface area contributed by atoms with Gasteiger partial charge in [0.05, 0.1) is 6.10 Å². The summed E-state index contributed by atoms with van der Waals surface area (Å²) in [5.41, 5.74) is -1.01. The Balaban J connectivity index is 2.50. The normalized spacial score (nSPS) is 38.6. The van der Waals surface area contributed by atoms with Crippen molar-refractivity contribution in [2.24, 2.45) is 16.7 Å². The molecule has 0 aromatic rings. The zero-order valence-electron chi connectivity index (χ0n) is 15.7. The van der Waals surface area contributed by atoms with Crippen molar-refractivity contribution < 1.29 is 14.3 Å². The van der Waals surface area contributed by atoms with E-state index in [2.05, 4.69) is 40.4 Å². The summed E-state index contributed by atoms with van der Waals surface area (Å²) in [5.74, 6) is 0.393. The first kappa shape index (κ1) is 19.4. The van der Waals surface area contributed by atoms with Crippen LogP contribution in [-0.2, 0) is 9.22 Å². The van der Waals surface area contributed by atoms with Crippen LogP contribution in [-0.4, -0.2) is 36.3 Å². The molecule has 2 aliphatic rings. The first-order valence-corrected chi connectivity index (χ1v) is 12.7. The molecule has 0 heterocycles. The Kier molecular flexibility index (Phi) is 4.92. The number of alkyl halides is 1. The number of hydrogen-bond acceptors (Lipinski definition) is 3. The summed E-state index contributed by atoms with van der Waals surface area (Å²) in [7, 11) is -1.96. The molecule has 0 aliphatic heterocycles. The fourth-order valence-corrected chi connectivity index (χ4v) is 6.76. The summed E-state index contributed by atoms with van der Waals surface area (Å²) in [4.78, 5) is 13.4. The third-order valence-corrected chi connectivity index (χ3v) is 8.20. The maximum Gasteiger partial charge on any atom is 0.185 e. The Hall–Kier alpha value is 0.0969. The van der Waals surface area contributed by atoms with Gasteiger partial charge in [0, 0.05) is 5.41 Å². The van der Waals surface area contributed by atoms with E-state index in [1.165, 1.54) is 0 Å². The van der Waals surface area contributed by atoms with Gasteiger partial charge in [-0.05, 0) is 56.7 Å². The zero-order valence-corrected chi connectivity index (χ0v) is 17.5. The van der Waals surface area contributed by atoms with Gasteiger partial charge in [0.1, 0.15) is 11.0 Å². The van der Waals surface area contributed by atoms with Gasteiger partial charge in [0.25, 0.3) is 0 Å². The van der Waals surface area contributed by atoms with Crippen LogP contribution < -0.4 is 0 Å². The fourth-order valence-electron chi connectivity index (χ4n) is 4.95. The Morgan fingerprint density at radius 3 is 2.26 bits per heavy atom. The second-order valence-corrected chi connectivity index (χ2v) is 14.2. The SMILES string of the molecule is CC[C@@H](O)C(Cl)C(=O)[C@@]1(O[Si](C)(C)C)C[C@H]2CC[C@]1(C)C2(C)C. The lowest BCUT2D eigenvalue weighted by molar-refractivity contribution is -0.153. The van der Waals surface area contributed by atoms with Crippen LogP contribution in [0.15, 0.2) is 0 Å². The number of rotatable bonds is 6. The first-order valence-electron chi connectivity index (χ1n) is 8.89. The molecule has 0 amide bonds. The van der Waals surface area contributed by atoms with Gasteiger partial charge in [-0.25, -0.2) is 0 Å². The lowest BCUT2D eigenvalue weighted by Crippen LogP contribution is -2.61. The number of halogens is 1. The highest BCUT2D eigenvalue weighted by Gasteiger charge is 2.73. The Morgan fingerprint density at radius 2 is 1.91 bits per heavy atom. The Bertz CT molecular complexity index is 487. The minimum absolute atomic E-state index is 0.0517. The molecule has 0 aromatic carbocycles. The van der Waals surface area contributed by atoms with Crippen molar-refractivity contribution in [2.45, 2.75) is 90.1 Å². The molecule has 1 N–H and O–H groups in total. The number of carbonyl (C=O) groups is 1. The largest absolute Gasteiger partial charge is 0.404 e. The molecule has 0 spiro atoms. The number of fused-ring (bicyclic) bond motifs is 2. The molecule has 23 heavy (non-hydrogen) atoms. The molecule has 2 saturated carbocycles. The average Bonchev–Trinajstić information content (AvgIpc) is 2.75. The number of aliphatic hydroxyl groups excluding tert-OH is 1. The van der Waals surface area contributed by atoms with Gasteiger partial charge in [-0.3, -0.25) is 4.79 Å². The van der Waals surface area contributed by atoms with Crippen LogP contribution in [0, 0.1) is 16.7 Å². The first-order chi connectivity index (χ1) is 10.3. The average molecular weight is 361 g/mol. The van der Waals surface area contributed by atoms with Crippen LogP contribution >= 0.6 is 11.6 Å². The molecule has 3 nitrogen and oxygen atoms in total. The zero-order chi connectivity index (χ0) is 17.8. The quantitative estimate of drug-likeness (QED) is 0.565. The van der Waals surface area contributed by atoms with E-state index in [1.54, 1.807) is 0 Å². The lowest BCUT2D eigenvalue weighted by atomic mass is 9.62. The van der Waals surface area contributed by atoms with Gasteiger partial charge >= 0.3 is 0 Å². The molecule has 2 rings (SSSR count). The van der Waals surface area contributed by atoms with Crippen LogP contribution in [0.1, 0.15) is 53.4 Å². The Labute approximate surface area is 147 Å². The predicted molar refractivity (Wildman–Crippen MR) is 97.3 cm³/mol. The molecule has 0 aromatic heterocycles. The monoisotopic (exact) mass is 360 g/mol. The fraction of sp³-hybridized carbons (Fsp3) is 0.944. The number of Topliss-reactive ketones (excluding diaryl/α,β-unsaturated/α-hetero) is 1.